The number of amides is 1. The molecule has 0 bridgehead atoms. The van der Waals surface area contributed by atoms with Crippen LogP contribution in [0, 0.1) is 0 Å². The molecular weight excluding hydrogens is 527 g/mol. The number of aromatic nitrogens is 2. The van der Waals surface area contributed by atoms with E-state index in [1.165, 1.54) is 0 Å². The zero-order valence-corrected chi connectivity index (χ0v) is 21.8. The Bertz CT molecular complexity index is 1370. The Hall–Kier alpha value is -4.01. The van der Waals surface area contributed by atoms with E-state index in [0.717, 1.165) is 30.3 Å². The predicted molar refractivity (Wildman–Crippen MR) is 147 cm³/mol. The fraction of sp³-hybridized carbons (Fsp3) is 0.179. The summed E-state index contributed by atoms with van der Waals surface area (Å²) < 4.78 is 16.6. The monoisotopic (exact) mass is 550 g/mol. The lowest BCUT2D eigenvalue weighted by atomic mass is 10.1. The van der Waals surface area contributed by atoms with Crippen molar-refractivity contribution in [3.8, 4) is 17.2 Å². The minimum absolute atomic E-state index is 0.248. The molecule has 0 spiro atoms. The molecule has 6 rings (SSSR count). The second-order valence-corrected chi connectivity index (χ2v) is 9.11. The van der Waals surface area contributed by atoms with Crippen LogP contribution in [-0.2, 0) is 6.61 Å². The van der Waals surface area contributed by atoms with E-state index in [-0.39, 0.29) is 16.0 Å². The number of hydrogen-bond donors (Lipinski definition) is 1. The third-order valence-electron chi connectivity index (χ3n) is 5.72. The van der Waals surface area contributed by atoms with E-state index in [9.17, 15) is 4.79 Å². The Kier molecular flexibility index (Phi) is 8.11. The lowest BCUT2D eigenvalue weighted by molar-refractivity contribution is 0.0975. The number of nitrogens with zero attached hydrogens (tertiary/aromatic N) is 3. The van der Waals surface area contributed by atoms with Gasteiger partial charge in [-0.2, -0.15) is 0 Å². The molecule has 2 aromatic carbocycles. The first kappa shape index (κ1) is 25.6. The van der Waals surface area contributed by atoms with Crippen molar-refractivity contribution in [1.29, 1.82) is 0 Å². The van der Waals surface area contributed by atoms with Crippen LogP contribution in [0.1, 0.15) is 15.9 Å². The number of carbonyl (C=O) groups is 1. The van der Waals surface area contributed by atoms with Crippen molar-refractivity contribution in [2.24, 2.45) is 0 Å². The molecule has 38 heavy (non-hydrogen) atoms. The van der Waals surface area contributed by atoms with Crippen molar-refractivity contribution in [2.45, 2.75) is 6.61 Å². The molecule has 0 atom stereocenters. The molecule has 2 aromatic heterocycles. The van der Waals surface area contributed by atoms with Crippen LogP contribution in [0.3, 0.4) is 0 Å². The van der Waals surface area contributed by atoms with Crippen LogP contribution >= 0.6 is 23.2 Å². The van der Waals surface area contributed by atoms with E-state index in [4.69, 9.17) is 37.4 Å². The lowest BCUT2D eigenvalue weighted by Crippen LogP contribution is -2.38. The van der Waals surface area contributed by atoms with Gasteiger partial charge >= 0.3 is 0 Å². The number of benzene rings is 2. The zero-order chi connectivity index (χ0) is 26.3. The van der Waals surface area contributed by atoms with Crippen LogP contribution in [0.2, 0.25) is 10.0 Å². The largest absolute Gasteiger partial charge is 0.488 e. The summed E-state index contributed by atoms with van der Waals surface area (Å²) in [6.45, 7) is 2.70. The van der Waals surface area contributed by atoms with Gasteiger partial charge in [-0.3, -0.25) is 9.69 Å². The number of pyridine rings is 2. The number of fused-ring (bicyclic) bond motifs is 2. The van der Waals surface area contributed by atoms with Crippen LogP contribution in [0.15, 0.2) is 79.1 Å². The van der Waals surface area contributed by atoms with Gasteiger partial charge in [0.1, 0.15) is 19.8 Å². The van der Waals surface area contributed by atoms with Crippen LogP contribution < -0.4 is 24.4 Å². The van der Waals surface area contributed by atoms with Crippen LogP contribution in [0.4, 0.5) is 11.6 Å². The number of anilines is 2. The predicted octanol–water partition coefficient (Wildman–Crippen LogP) is 5.89. The number of carbonyl (C=O) groups excluding carboxylic acids is 1. The number of rotatable bonds is 4. The smallest absolute Gasteiger partial charge is 0.259 e. The van der Waals surface area contributed by atoms with E-state index in [1.807, 2.05) is 42.5 Å². The maximum atomic E-state index is 13.0. The van der Waals surface area contributed by atoms with Gasteiger partial charge in [0.2, 0.25) is 0 Å². The molecular formula is C28H24Cl2N4O4. The highest BCUT2D eigenvalue weighted by molar-refractivity contribution is 6.37. The molecule has 0 aliphatic carbocycles. The summed E-state index contributed by atoms with van der Waals surface area (Å²) >= 11 is 12.7. The van der Waals surface area contributed by atoms with Crippen molar-refractivity contribution in [1.82, 2.24) is 9.97 Å². The average Bonchev–Trinajstić information content (AvgIpc) is 2.97. The highest BCUT2D eigenvalue weighted by atomic mass is 35.5. The summed E-state index contributed by atoms with van der Waals surface area (Å²) in [6, 6.07) is 20.1. The zero-order valence-electron chi connectivity index (χ0n) is 20.3. The number of hydrogen-bond acceptors (Lipinski definition) is 7. The highest BCUT2D eigenvalue weighted by Crippen LogP contribution is 2.36. The van der Waals surface area contributed by atoms with E-state index < -0.39 is 0 Å². The molecule has 0 fully saturated rings. The summed E-state index contributed by atoms with van der Waals surface area (Å²) in [5.41, 5.74) is 1.35. The molecule has 194 valence electrons. The fourth-order valence-corrected chi connectivity index (χ4v) is 4.52. The Morgan fingerprint density at radius 2 is 1.63 bits per heavy atom. The average molecular weight is 551 g/mol. The van der Waals surface area contributed by atoms with Gasteiger partial charge < -0.3 is 19.5 Å². The van der Waals surface area contributed by atoms with E-state index in [1.54, 1.807) is 41.6 Å². The first-order valence-corrected chi connectivity index (χ1v) is 12.7. The second kappa shape index (κ2) is 12.0. The Labute approximate surface area is 230 Å². The van der Waals surface area contributed by atoms with Gasteiger partial charge in [0.15, 0.2) is 28.9 Å². The number of halogens is 2. The Balaban J connectivity index is 0.000000244. The summed E-state index contributed by atoms with van der Waals surface area (Å²) in [5, 5.41) is 3.68. The van der Waals surface area contributed by atoms with Crippen LogP contribution in [-0.4, -0.2) is 42.2 Å². The first-order valence-electron chi connectivity index (χ1n) is 12.0. The fourth-order valence-electron chi connectivity index (χ4n) is 3.93. The van der Waals surface area contributed by atoms with Gasteiger partial charge in [-0.15, -0.1) is 0 Å². The third kappa shape index (κ3) is 5.93. The SMILES string of the molecule is O=C(c1cc(Cl)c(OCc2ccccc2)c(Cl)c1)N1CCOc2cccnc21.c1cnc2c(c1)OCCN2. The minimum Gasteiger partial charge on any atom is -0.488 e. The van der Waals surface area contributed by atoms with Crippen molar-refractivity contribution in [2.75, 3.05) is 36.5 Å². The van der Waals surface area contributed by atoms with Gasteiger partial charge in [-0.1, -0.05) is 53.5 Å². The summed E-state index contributed by atoms with van der Waals surface area (Å²) in [6.07, 6.45) is 3.37. The molecule has 10 heteroatoms. The van der Waals surface area contributed by atoms with Gasteiger partial charge in [0.25, 0.3) is 5.91 Å². The number of ether oxygens (including phenoxy) is 3. The van der Waals surface area contributed by atoms with Gasteiger partial charge in [0, 0.05) is 18.0 Å². The maximum absolute atomic E-state index is 13.0. The summed E-state index contributed by atoms with van der Waals surface area (Å²) in [7, 11) is 0. The van der Waals surface area contributed by atoms with E-state index in [0.29, 0.717) is 42.6 Å². The van der Waals surface area contributed by atoms with Crippen molar-refractivity contribution < 1.29 is 19.0 Å². The van der Waals surface area contributed by atoms with Crippen LogP contribution in [0.5, 0.6) is 17.2 Å². The van der Waals surface area contributed by atoms with Gasteiger partial charge in [-0.05, 0) is 42.0 Å². The maximum Gasteiger partial charge on any atom is 0.259 e. The molecule has 4 aromatic rings. The summed E-state index contributed by atoms with van der Waals surface area (Å²) in [5.74, 6) is 2.87. The molecule has 2 aliphatic heterocycles. The Morgan fingerprint density at radius 3 is 2.39 bits per heavy atom. The molecule has 2 aliphatic rings. The Morgan fingerprint density at radius 1 is 0.921 bits per heavy atom. The molecule has 0 radical (unpaired) electrons. The van der Waals surface area contributed by atoms with Gasteiger partial charge in [-0.25, -0.2) is 9.97 Å². The lowest BCUT2D eigenvalue weighted by Gasteiger charge is -2.28. The molecule has 0 saturated heterocycles. The molecule has 4 heterocycles. The topological polar surface area (TPSA) is 85.8 Å². The third-order valence-corrected chi connectivity index (χ3v) is 6.28. The van der Waals surface area contributed by atoms with Crippen molar-refractivity contribution in [3.63, 3.8) is 0 Å². The van der Waals surface area contributed by atoms with E-state index >= 15 is 0 Å². The van der Waals surface area contributed by atoms with Gasteiger partial charge in [0.05, 0.1) is 23.1 Å². The highest BCUT2D eigenvalue weighted by Gasteiger charge is 2.27. The normalized spacial score (nSPS) is 13.4. The molecule has 1 amide bonds. The number of nitrogens with one attached hydrogen (secondary N) is 1. The standard InChI is InChI=1S/C21H16Cl2N2O3.C7H8N2O/c22-16-11-15(12-17(23)19(16)28-13-14-5-2-1-3-6-14)21(26)25-9-10-27-18-7-4-8-24-20(18)25;1-2-6-7(8-3-1)9-4-5-10-6/h1-8,11-12H,9-10,13H2;1-3H,4-5H2,(H,8,9). The molecule has 8 nitrogen and oxygen atoms in total. The first-order chi connectivity index (χ1) is 18.6. The minimum atomic E-state index is -0.248. The van der Waals surface area contributed by atoms with Crippen molar-refractivity contribution >= 4 is 40.7 Å². The van der Waals surface area contributed by atoms with Crippen molar-refractivity contribution in [3.05, 3.63) is 100 Å². The second-order valence-electron chi connectivity index (χ2n) is 8.30. The quantitative estimate of drug-likeness (QED) is 0.339. The molecule has 0 saturated carbocycles. The summed E-state index contributed by atoms with van der Waals surface area (Å²) in [4.78, 5) is 22.9. The molecule has 1 N–H and O–H groups in total. The van der Waals surface area contributed by atoms with Crippen LogP contribution in [0.25, 0.3) is 0 Å². The van der Waals surface area contributed by atoms with E-state index in [2.05, 4.69) is 15.3 Å². The molecule has 0 unspecified atom stereocenters.